The van der Waals surface area contributed by atoms with Crippen LogP contribution in [0, 0.1) is 0 Å². The van der Waals surface area contributed by atoms with E-state index in [1.807, 2.05) is 12.3 Å². The maximum atomic E-state index is 5.60. The number of rotatable bonds is 3. The maximum Gasteiger partial charge on any atom is 0.0972 e. The summed E-state index contributed by atoms with van der Waals surface area (Å²) >= 11 is 0. The van der Waals surface area contributed by atoms with Gasteiger partial charge in [0.25, 0.3) is 0 Å². The molecule has 0 aliphatic heterocycles. The smallest absolute Gasteiger partial charge is 0.0972 e. The molecule has 55 heavy (non-hydrogen) atoms. The Morgan fingerprint density at radius 2 is 1.00 bits per heavy atom. The lowest BCUT2D eigenvalue weighted by molar-refractivity contribution is 0.800. The van der Waals surface area contributed by atoms with Gasteiger partial charge in [0.15, 0.2) is 0 Å². The lowest BCUT2D eigenvalue weighted by Crippen LogP contribution is -2.26. The Bertz CT molecular complexity index is 3200. The van der Waals surface area contributed by atoms with Crippen molar-refractivity contribution in [2.24, 2.45) is 0 Å². The molecule has 0 saturated heterocycles. The summed E-state index contributed by atoms with van der Waals surface area (Å²) in [5.74, 6) is 0. The zero-order valence-electron chi connectivity index (χ0n) is 29.7. The third-order valence-electron chi connectivity index (χ3n) is 11.9. The van der Waals surface area contributed by atoms with Gasteiger partial charge >= 0.3 is 0 Å². The number of fused-ring (bicyclic) bond motifs is 15. The summed E-state index contributed by atoms with van der Waals surface area (Å²) in [7, 11) is 0. The van der Waals surface area contributed by atoms with Gasteiger partial charge in [-0.25, -0.2) is 9.97 Å². The van der Waals surface area contributed by atoms with Gasteiger partial charge in [0, 0.05) is 44.6 Å². The van der Waals surface area contributed by atoms with Gasteiger partial charge in [0.2, 0.25) is 0 Å². The number of hydrogen-bond donors (Lipinski definition) is 0. The van der Waals surface area contributed by atoms with Crippen LogP contribution >= 0.6 is 0 Å². The minimum atomic E-state index is -0.526. The summed E-state index contributed by atoms with van der Waals surface area (Å²) in [5.41, 5.74) is 17.9. The van der Waals surface area contributed by atoms with Crippen LogP contribution in [0.3, 0.4) is 0 Å². The number of pyridine rings is 3. The van der Waals surface area contributed by atoms with Crippen LogP contribution in [-0.2, 0) is 5.41 Å². The molecule has 12 rings (SSSR count). The standard InChI is InChI=1S/C52H31N3/c1-2-12-34(13-3-1)48-39-16-5-4-15-38(39)47-51(55-48)41-18-7-9-21-43(41)52(47)42-20-8-6-17-40(42)46-37(19-10-22-44(46)52)32-23-25-33(26-24-32)45-30-29-36-28-27-35-14-11-31-53-49(35)50(36)54-45/h1-31H. The molecule has 254 valence electrons. The normalized spacial score (nSPS) is 15.0. The molecular formula is C52H31N3. The Morgan fingerprint density at radius 3 is 1.84 bits per heavy atom. The molecule has 0 radical (unpaired) electrons. The van der Waals surface area contributed by atoms with Crippen molar-refractivity contribution in [3.05, 3.63) is 210 Å². The van der Waals surface area contributed by atoms with Crippen LogP contribution in [0.25, 0.3) is 88.6 Å². The first-order chi connectivity index (χ1) is 27.3. The number of nitrogens with zero attached hydrogens (tertiary/aromatic N) is 3. The molecule has 3 aromatic heterocycles. The van der Waals surface area contributed by atoms with E-state index in [9.17, 15) is 0 Å². The van der Waals surface area contributed by atoms with E-state index in [2.05, 4.69) is 181 Å². The summed E-state index contributed by atoms with van der Waals surface area (Å²) in [6, 6.07) is 65.9. The molecule has 1 spiro atoms. The molecule has 0 bridgehead atoms. The Labute approximate surface area is 318 Å². The largest absolute Gasteiger partial charge is 0.254 e. The van der Waals surface area contributed by atoms with Crippen molar-refractivity contribution in [2.75, 3.05) is 0 Å². The van der Waals surface area contributed by atoms with Crippen LogP contribution in [0.15, 0.2) is 188 Å². The van der Waals surface area contributed by atoms with Crippen molar-refractivity contribution in [1.82, 2.24) is 15.0 Å². The molecule has 0 amide bonds. The molecule has 7 aromatic carbocycles. The predicted octanol–water partition coefficient (Wildman–Crippen LogP) is 12.7. The number of benzene rings is 7. The van der Waals surface area contributed by atoms with Crippen molar-refractivity contribution in [3.8, 4) is 56.0 Å². The molecular weight excluding hydrogens is 667 g/mol. The average molecular weight is 698 g/mol. The highest BCUT2D eigenvalue weighted by atomic mass is 14.8. The molecule has 0 N–H and O–H groups in total. The van der Waals surface area contributed by atoms with E-state index >= 15 is 0 Å². The molecule has 2 aliphatic rings. The highest BCUT2D eigenvalue weighted by Gasteiger charge is 2.53. The monoisotopic (exact) mass is 697 g/mol. The van der Waals surface area contributed by atoms with E-state index in [0.29, 0.717) is 0 Å². The first-order valence-corrected chi connectivity index (χ1v) is 18.9. The predicted molar refractivity (Wildman–Crippen MR) is 225 cm³/mol. The van der Waals surface area contributed by atoms with Crippen molar-refractivity contribution >= 4 is 32.6 Å². The summed E-state index contributed by atoms with van der Waals surface area (Å²) < 4.78 is 0. The van der Waals surface area contributed by atoms with Crippen LogP contribution in [0.5, 0.6) is 0 Å². The lowest BCUT2D eigenvalue weighted by atomic mass is 9.69. The lowest BCUT2D eigenvalue weighted by Gasteiger charge is -2.31. The zero-order chi connectivity index (χ0) is 36.1. The third kappa shape index (κ3) is 4.12. The summed E-state index contributed by atoms with van der Waals surface area (Å²) in [4.78, 5) is 15.4. The van der Waals surface area contributed by atoms with Gasteiger partial charge < -0.3 is 0 Å². The Morgan fingerprint density at radius 1 is 0.364 bits per heavy atom. The fourth-order valence-electron chi connectivity index (χ4n) is 9.64. The van der Waals surface area contributed by atoms with Crippen LogP contribution in [0.2, 0.25) is 0 Å². The first kappa shape index (κ1) is 30.3. The minimum absolute atomic E-state index is 0.526. The van der Waals surface area contributed by atoms with Crippen LogP contribution in [0.1, 0.15) is 22.3 Å². The van der Waals surface area contributed by atoms with E-state index in [1.54, 1.807) is 0 Å². The topological polar surface area (TPSA) is 38.7 Å². The highest BCUT2D eigenvalue weighted by molar-refractivity contribution is 6.08. The number of aromatic nitrogens is 3. The maximum absolute atomic E-state index is 5.60. The second kappa shape index (κ2) is 11.4. The summed E-state index contributed by atoms with van der Waals surface area (Å²) in [6.07, 6.45) is 1.84. The second-order valence-electron chi connectivity index (χ2n) is 14.7. The average Bonchev–Trinajstić information content (AvgIpc) is 3.74. The molecule has 0 fully saturated rings. The van der Waals surface area contributed by atoms with Crippen molar-refractivity contribution in [2.45, 2.75) is 5.41 Å². The van der Waals surface area contributed by atoms with Gasteiger partial charge in [-0.3, -0.25) is 4.98 Å². The van der Waals surface area contributed by atoms with Crippen molar-refractivity contribution < 1.29 is 0 Å². The second-order valence-corrected chi connectivity index (χ2v) is 14.7. The van der Waals surface area contributed by atoms with E-state index < -0.39 is 5.41 Å². The van der Waals surface area contributed by atoms with Gasteiger partial charge in [-0.1, -0.05) is 170 Å². The molecule has 1 unspecified atom stereocenters. The van der Waals surface area contributed by atoms with Gasteiger partial charge in [-0.15, -0.1) is 0 Å². The molecule has 1 atom stereocenters. The van der Waals surface area contributed by atoms with Gasteiger partial charge in [-0.2, -0.15) is 0 Å². The van der Waals surface area contributed by atoms with Crippen molar-refractivity contribution in [1.29, 1.82) is 0 Å². The molecule has 3 heteroatoms. The Kier molecular flexibility index (Phi) is 6.26. The molecule has 2 aliphatic carbocycles. The first-order valence-electron chi connectivity index (χ1n) is 18.9. The van der Waals surface area contributed by atoms with Crippen molar-refractivity contribution in [3.63, 3.8) is 0 Å². The summed E-state index contributed by atoms with van der Waals surface area (Å²) in [6.45, 7) is 0. The number of hydrogen-bond acceptors (Lipinski definition) is 3. The Hall–Kier alpha value is -7.23. The van der Waals surface area contributed by atoms with Crippen LogP contribution in [-0.4, -0.2) is 15.0 Å². The molecule has 3 nitrogen and oxygen atoms in total. The van der Waals surface area contributed by atoms with E-state index in [-0.39, 0.29) is 0 Å². The minimum Gasteiger partial charge on any atom is -0.254 e. The quantitative estimate of drug-likeness (QED) is 0.173. The SMILES string of the molecule is c1ccc(-c2nc3c(c4ccccc24)C2(c4ccccc4-3)c3ccccc3-c3c(-c4ccc(-c5ccc6ccc7cccnc7c6n5)cc4)cccc32)cc1. The highest BCUT2D eigenvalue weighted by Crippen LogP contribution is 2.65. The molecule has 0 saturated carbocycles. The van der Waals surface area contributed by atoms with Gasteiger partial charge in [0.05, 0.1) is 33.5 Å². The van der Waals surface area contributed by atoms with Gasteiger partial charge in [0.1, 0.15) is 0 Å². The zero-order valence-corrected chi connectivity index (χ0v) is 29.7. The Balaban J connectivity index is 1.08. The van der Waals surface area contributed by atoms with Gasteiger partial charge in [-0.05, 0) is 56.5 Å². The van der Waals surface area contributed by atoms with Crippen LogP contribution < -0.4 is 0 Å². The van der Waals surface area contributed by atoms with E-state index in [4.69, 9.17) is 9.97 Å². The fourth-order valence-corrected chi connectivity index (χ4v) is 9.64. The van der Waals surface area contributed by atoms with Crippen LogP contribution in [0.4, 0.5) is 0 Å². The molecule has 10 aromatic rings. The fraction of sp³-hybridized carbons (Fsp3) is 0.0192. The third-order valence-corrected chi connectivity index (χ3v) is 11.9. The van der Waals surface area contributed by atoms with E-state index in [0.717, 1.165) is 50.0 Å². The molecule has 3 heterocycles. The summed E-state index contributed by atoms with van der Waals surface area (Å²) in [5, 5.41) is 4.60. The van der Waals surface area contributed by atoms with E-state index in [1.165, 1.54) is 60.8 Å².